The highest BCUT2D eigenvalue weighted by Crippen LogP contribution is 2.40. The summed E-state index contributed by atoms with van der Waals surface area (Å²) < 4.78 is 10.9. The quantitative estimate of drug-likeness (QED) is 0.553. The number of aromatic nitrogens is 3. The lowest BCUT2D eigenvalue weighted by Gasteiger charge is -2.05. The van der Waals surface area contributed by atoms with Gasteiger partial charge in [-0.05, 0) is 49.1 Å². The van der Waals surface area contributed by atoms with Crippen LogP contribution in [0.2, 0.25) is 0 Å². The minimum absolute atomic E-state index is 0.142. The maximum atomic E-state index is 12.5. The number of hydrogen-bond acceptors (Lipinski definition) is 6. The van der Waals surface area contributed by atoms with Crippen molar-refractivity contribution >= 4 is 16.9 Å². The fraction of sp³-hybridized carbons (Fsp3) is 0.238. The first kappa shape index (κ1) is 16.7. The molecule has 0 atom stereocenters. The molecule has 4 aromatic rings. The largest absolute Gasteiger partial charge is 0.448 e. The lowest BCUT2D eigenvalue weighted by Crippen LogP contribution is -2.25. The summed E-state index contributed by atoms with van der Waals surface area (Å²) in [4.78, 5) is 21.1. The van der Waals surface area contributed by atoms with Gasteiger partial charge in [0.1, 0.15) is 17.7 Å². The Bertz CT molecular complexity index is 1130. The van der Waals surface area contributed by atoms with Crippen LogP contribution in [-0.4, -0.2) is 27.6 Å². The number of carbonyl (C=O) groups excluding carboxylic acids is 1. The van der Waals surface area contributed by atoms with E-state index in [1.54, 1.807) is 36.9 Å². The van der Waals surface area contributed by atoms with E-state index in [2.05, 4.69) is 20.4 Å². The molecule has 0 unspecified atom stereocenters. The molecule has 1 fully saturated rings. The van der Waals surface area contributed by atoms with E-state index in [1.165, 1.54) is 0 Å². The van der Waals surface area contributed by atoms with Gasteiger partial charge in [-0.1, -0.05) is 11.2 Å². The SMILES string of the molecule is O=C(NCCc1cccnc1)c1ccc2onc(-c3coc(C4CC4)n3)c2c1. The number of fused-ring (bicyclic) bond motifs is 1. The molecule has 1 aliphatic carbocycles. The molecular weight excluding hydrogens is 356 g/mol. The molecular formula is C21H18N4O3. The zero-order valence-corrected chi connectivity index (χ0v) is 15.1. The number of nitrogens with zero attached hydrogens (tertiary/aromatic N) is 3. The van der Waals surface area contributed by atoms with Gasteiger partial charge in [-0.3, -0.25) is 9.78 Å². The Labute approximate surface area is 160 Å². The number of carbonyl (C=O) groups is 1. The van der Waals surface area contributed by atoms with E-state index in [9.17, 15) is 4.79 Å². The molecule has 0 radical (unpaired) electrons. The standard InChI is InChI=1S/C21H18N4O3/c26-20(23-9-7-13-2-1-8-22-11-13)15-5-6-18-16(10-15)19(25-28-18)17-12-27-21(24-17)14-3-4-14/h1-2,5-6,8,10-12,14H,3-4,7,9H2,(H,23,26). The summed E-state index contributed by atoms with van der Waals surface area (Å²) in [6.45, 7) is 0.535. The first-order valence-electron chi connectivity index (χ1n) is 9.30. The Kier molecular flexibility index (Phi) is 4.12. The summed E-state index contributed by atoms with van der Waals surface area (Å²) in [5.41, 5.74) is 3.47. The van der Waals surface area contributed by atoms with Crippen molar-refractivity contribution in [2.45, 2.75) is 25.2 Å². The van der Waals surface area contributed by atoms with Crippen LogP contribution in [0.3, 0.4) is 0 Å². The number of hydrogen-bond donors (Lipinski definition) is 1. The van der Waals surface area contributed by atoms with Crippen molar-refractivity contribution in [1.82, 2.24) is 20.4 Å². The monoisotopic (exact) mass is 374 g/mol. The Morgan fingerprint density at radius 3 is 3.00 bits per heavy atom. The Morgan fingerprint density at radius 1 is 1.25 bits per heavy atom. The second-order valence-corrected chi connectivity index (χ2v) is 6.95. The highest BCUT2D eigenvalue weighted by Gasteiger charge is 2.29. The Balaban J connectivity index is 1.34. The molecule has 5 rings (SSSR count). The van der Waals surface area contributed by atoms with Crippen LogP contribution >= 0.6 is 0 Å². The first-order chi connectivity index (χ1) is 13.8. The first-order valence-corrected chi connectivity index (χ1v) is 9.30. The second kappa shape index (κ2) is 6.92. The summed E-state index contributed by atoms with van der Waals surface area (Å²) in [5, 5.41) is 7.81. The lowest BCUT2D eigenvalue weighted by molar-refractivity contribution is 0.0954. The Hall–Kier alpha value is -3.48. The van der Waals surface area contributed by atoms with Crippen LogP contribution in [0, 0.1) is 0 Å². The zero-order valence-electron chi connectivity index (χ0n) is 15.1. The van der Waals surface area contributed by atoms with E-state index in [1.807, 2.05) is 12.1 Å². The van der Waals surface area contributed by atoms with Crippen molar-refractivity contribution in [3.8, 4) is 11.4 Å². The van der Waals surface area contributed by atoms with Gasteiger partial charge in [0.15, 0.2) is 11.5 Å². The maximum Gasteiger partial charge on any atom is 0.251 e. The van der Waals surface area contributed by atoms with E-state index < -0.39 is 0 Å². The minimum Gasteiger partial charge on any atom is -0.448 e. The average Bonchev–Trinajstić information content (AvgIpc) is 3.31. The molecule has 1 aromatic carbocycles. The number of rotatable bonds is 6. The summed E-state index contributed by atoms with van der Waals surface area (Å²) in [5.74, 6) is 1.03. The number of oxazole rings is 1. The van der Waals surface area contributed by atoms with Gasteiger partial charge in [0.2, 0.25) is 0 Å². The van der Waals surface area contributed by atoms with E-state index in [4.69, 9.17) is 8.94 Å². The van der Waals surface area contributed by atoms with Gasteiger partial charge in [-0.15, -0.1) is 0 Å². The maximum absolute atomic E-state index is 12.5. The van der Waals surface area contributed by atoms with Crippen molar-refractivity contribution in [1.29, 1.82) is 0 Å². The van der Waals surface area contributed by atoms with Gasteiger partial charge in [-0.25, -0.2) is 4.98 Å². The molecule has 0 spiro atoms. The second-order valence-electron chi connectivity index (χ2n) is 6.95. The van der Waals surface area contributed by atoms with Gasteiger partial charge < -0.3 is 14.3 Å². The van der Waals surface area contributed by atoms with Crippen LogP contribution < -0.4 is 5.32 Å². The molecule has 0 bridgehead atoms. The van der Waals surface area contributed by atoms with Crippen molar-refractivity contribution in [2.24, 2.45) is 0 Å². The van der Waals surface area contributed by atoms with Gasteiger partial charge in [-0.2, -0.15) is 0 Å². The van der Waals surface area contributed by atoms with Crippen LogP contribution in [0.5, 0.6) is 0 Å². The number of pyridine rings is 1. The van der Waals surface area contributed by atoms with E-state index in [0.717, 1.165) is 36.1 Å². The molecule has 7 heteroatoms. The minimum atomic E-state index is -0.142. The third-order valence-electron chi connectivity index (χ3n) is 4.85. The molecule has 1 saturated carbocycles. The molecule has 140 valence electrons. The van der Waals surface area contributed by atoms with Gasteiger partial charge in [0, 0.05) is 30.4 Å². The van der Waals surface area contributed by atoms with E-state index >= 15 is 0 Å². The highest BCUT2D eigenvalue weighted by molar-refractivity contribution is 6.00. The van der Waals surface area contributed by atoms with Crippen LogP contribution in [-0.2, 0) is 6.42 Å². The summed E-state index contributed by atoms with van der Waals surface area (Å²) >= 11 is 0. The van der Waals surface area contributed by atoms with Crippen LogP contribution in [0.1, 0.15) is 40.6 Å². The third kappa shape index (κ3) is 3.26. The predicted octanol–water partition coefficient (Wildman–Crippen LogP) is 3.73. The van der Waals surface area contributed by atoms with Gasteiger partial charge in [0.25, 0.3) is 5.91 Å². The van der Waals surface area contributed by atoms with Crippen LogP contribution in [0.4, 0.5) is 0 Å². The number of amides is 1. The fourth-order valence-electron chi connectivity index (χ4n) is 3.15. The molecule has 7 nitrogen and oxygen atoms in total. The molecule has 0 aliphatic heterocycles. The van der Waals surface area contributed by atoms with Crippen molar-refractivity contribution in [3.05, 3.63) is 66.0 Å². The molecule has 28 heavy (non-hydrogen) atoms. The van der Waals surface area contributed by atoms with Crippen molar-refractivity contribution in [3.63, 3.8) is 0 Å². The topological polar surface area (TPSA) is 94.1 Å². The summed E-state index contributed by atoms with van der Waals surface area (Å²) in [6.07, 6.45) is 8.09. The smallest absolute Gasteiger partial charge is 0.251 e. The normalized spacial score (nSPS) is 13.7. The Morgan fingerprint density at radius 2 is 2.18 bits per heavy atom. The van der Waals surface area contributed by atoms with Crippen LogP contribution in [0.25, 0.3) is 22.4 Å². The van der Waals surface area contributed by atoms with Gasteiger partial charge in [0.05, 0.1) is 5.39 Å². The zero-order chi connectivity index (χ0) is 18.9. The van der Waals surface area contributed by atoms with E-state index in [-0.39, 0.29) is 5.91 Å². The van der Waals surface area contributed by atoms with Crippen molar-refractivity contribution in [2.75, 3.05) is 6.54 Å². The van der Waals surface area contributed by atoms with E-state index in [0.29, 0.717) is 35.0 Å². The lowest BCUT2D eigenvalue weighted by atomic mass is 10.1. The molecule has 1 N–H and O–H groups in total. The highest BCUT2D eigenvalue weighted by atomic mass is 16.5. The van der Waals surface area contributed by atoms with Crippen molar-refractivity contribution < 1.29 is 13.7 Å². The molecule has 3 heterocycles. The third-order valence-corrected chi connectivity index (χ3v) is 4.85. The average molecular weight is 374 g/mol. The molecule has 1 aliphatic rings. The molecule has 0 saturated heterocycles. The summed E-state index contributed by atoms with van der Waals surface area (Å²) in [6, 6.07) is 9.14. The number of benzene rings is 1. The molecule has 1 amide bonds. The molecule has 3 aromatic heterocycles. The van der Waals surface area contributed by atoms with Crippen LogP contribution in [0.15, 0.2) is 57.9 Å². The van der Waals surface area contributed by atoms with Gasteiger partial charge >= 0.3 is 0 Å². The predicted molar refractivity (Wildman–Crippen MR) is 102 cm³/mol. The summed E-state index contributed by atoms with van der Waals surface area (Å²) in [7, 11) is 0. The fourth-order valence-corrected chi connectivity index (χ4v) is 3.15. The number of nitrogens with one attached hydrogen (secondary N) is 1.